The molecule has 0 saturated carbocycles. The summed E-state index contributed by atoms with van der Waals surface area (Å²) in [5.74, 6) is -1.57. The molecule has 2 rings (SSSR count). The van der Waals surface area contributed by atoms with E-state index in [1.807, 2.05) is 14.0 Å². The molecule has 0 aromatic carbocycles. The number of amides is 1. The normalized spacial score (nSPS) is 20.0. The highest BCUT2D eigenvalue weighted by Crippen LogP contribution is 2.21. The summed E-state index contributed by atoms with van der Waals surface area (Å²) in [5.41, 5.74) is 1.96. The topological polar surface area (TPSA) is 75.4 Å². The Bertz CT molecular complexity index is 467. The third-order valence-electron chi connectivity index (χ3n) is 3.26. The molecule has 0 bridgehead atoms. The molecular weight excluding hydrogens is 222 g/mol. The molecule has 0 spiro atoms. The number of hydrogen-bond acceptors (Lipinski definition) is 3. The van der Waals surface area contributed by atoms with Crippen molar-refractivity contribution in [1.29, 1.82) is 0 Å². The van der Waals surface area contributed by atoms with Gasteiger partial charge in [0.25, 0.3) is 0 Å². The second-order valence-corrected chi connectivity index (χ2v) is 4.39. The van der Waals surface area contributed by atoms with Crippen LogP contribution in [-0.4, -0.2) is 38.2 Å². The molecule has 1 unspecified atom stereocenters. The van der Waals surface area contributed by atoms with Crippen LogP contribution >= 0.6 is 0 Å². The van der Waals surface area contributed by atoms with Crippen LogP contribution in [0.1, 0.15) is 17.7 Å². The number of carboxylic acids is 1. The fourth-order valence-corrected chi connectivity index (χ4v) is 2.00. The fourth-order valence-electron chi connectivity index (χ4n) is 2.00. The SMILES string of the molecule is Cc1c(CN2CC(C(=O)O)CC2=O)cnn1C. The van der Waals surface area contributed by atoms with Crippen LogP contribution in [0.3, 0.4) is 0 Å². The smallest absolute Gasteiger partial charge is 0.308 e. The van der Waals surface area contributed by atoms with Gasteiger partial charge in [-0.25, -0.2) is 0 Å². The van der Waals surface area contributed by atoms with Crippen LogP contribution in [0.25, 0.3) is 0 Å². The molecule has 1 fully saturated rings. The zero-order valence-electron chi connectivity index (χ0n) is 9.88. The molecule has 1 aliphatic heterocycles. The summed E-state index contributed by atoms with van der Waals surface area (Å²) >= 11 is 0. The first-order valence-electron chi connectivity index (χ1n) is 5.47. The Kier molecular flexibility index (Phi) is 2.87. The molecule has 0 radical (unpaired) electrons. The highest BCUT2D eigenvalue weighted by molar-refractivity contribution is 5.86. The minimum absolute atomic E-state index is 0.0966. The number of carbonyl (C=O) groups excluding carboxylic acids is 1. The zero-order chi connectivity index (χ0) is 12.6. The Hall–Kier alpha value is -1.85. The second-order valence-electron chi connectivity index (χ2n) is 4.39. The van der Waals surface area contributed by atoms with E-state index >= 15 is 0 Å². The molecule has 1 aromatic rings. The van der Waals surface area contributed by atoms with Gasteiger partial charge in [0, 0.05) is 37.8 Å². The van der Waals surface area contributed by atoms with Crippen LogP contribution < -0.4 is 0 Å². The summed E-state index contributed by atoms with van der Waals surface area (Å²) in [7, 11) is 1.84. The summed E-state index contributed by atoms with van der Waals surface area (Å²) in [5, 5.41) is 13.0. The molecule has 17 heavy (non-hydrogen) atoms. The van der Waals surface area contributed by atoms with Crippen molar-refractivity contribution < 1.29 is 14.7 Å². The monoisotopic (exact) mass is 237 g/mol. The number of aliphatic carboxylic acids is 1. The second kappa shape index (κ2) is 4.20. The fraction of sp³-hybridized carbons (Fsp3) is 0.545. The van der Waals surface area contributed by atoms with Gasteiger partial charge in [-0.1, -0.05) is 0 Å². The maximum atomic E-state index is 11.6. The first-order valence-corrected chi connectivity index (χ1v) is 5.47. The largest absolute Gasteiger partial charge is 0.481 e. The van der Waals surface area contributed by atoms with Crippen molar-refractivity contribution in [2.24, 2.45) is 13.0 Å². The van der Waals surface area contributed by atoms with Crippen LogP contribution in [0, 0.1) is 12.8 Å². The molecule has 2 heterocycles. The molecule has 1 amide bonds. The summed E-state index contributed by atoms with van der Waals surface area (Å²) in [6.45, 7) is 2.67. The highest BCUT2D eigenvalue weighted by Gasteiger charge is 2.34. The number of hydrogen-bond donors (Lipinski definition) is 1. The Morgan fingerprint density at radius 2 is 2.35 bits per heavy atom. The third kappa shape index (κ3) is 2.15. The lowest BCUT2D eigenvalue weighted by Crippen LogP contribution is -2.26. The van der Waals surface area contributed by atoms with Crippen LogP contribution in [0.2, 0.25) is 0 Å². The van der Waals surface area contributed by atoms with Crippen molar-refractivity contribution in [3.63, 3.8) is 0 Å². The lowest BCUT2D eigenvalue weighted by atomic mass is 10.1. The van der Waals surface area contributed by atoms with E-state index < -0.39 is 11.9 Å². The number of carboxylic acid groups (broad SMARTS) is 1. The molecule has 1 saturated heterocycles. The maximum Gasteiger partial charge on any atom is 0.308 e. The predicted molar refractivity (Wildman–Crippen MR) is 59.1 cm³/mol. The summed E-state index contributed by atoms with van der Waals surface area (Å²) in [4.78, 5) is 24.1. The van der Waals surface area contributed by atoms with E-state index in [1.165, 1.54) is 0 Å². The van der Waals surface area contributed by atoms with E-state index in [9.17, 15) is 9.59 Å². The summed E-state index contributed by atoms with van der Waals surface area (Å²) in [6, 6.07) is 0. The predicted octanol–water partition coefficient (Wildman–Crippen LogP) is 0.162. The molecule has 1 aliphatic rings. The standard InChI is InChI=1S/C11H15N3O3/c1-7-9(4-12-13(7)2)6-14-5-8(11(16)17)3-10(14)15/h4,8H,3,5-6H2,1-2H3,(H,16,17). The van der Waals surface area contributed by atoms with Gasteiger partial charge in [0.2, 0.25) is 5.91 Å². The number of rotatable bonds is 3. The van der Waals surface area contributed by atoms with Gasteiger partial charge < -0.3 is 10.0 Å². The van der Waals surface area contributed by atoms with E-state index in [4.69, 9.17) is 5.11 Å². The van der Waals surface area contributed by atoms with Gasteiger partial charge in [0.15, 0.2) is 0 Å². The average Bonchev–Trinajstić information content (AvgIpc) is 2.77. The average molecular weight is 237 g/mol. The van der Waals surface area contributed by atoms with Crippen molar-refractivity contribution in [2.45, 2.75) is 19.9 Å². The van der Waals surface area contributed by atoms with Crippen molar-refractivity contribution in [2.75, 3.05) is 6.54 Å². The Balaban J connectivity index is 2.08. The number of aryl methyl sites for hydroxylation is 1. The van der Waals surface area contributed by atoms with Crippen molar-refractivity contribution in [1.82, 2.24) is 14.7 Å². The van der Waals surface area contributed by atoms with Crippen molar-refractivity contribution in [3.8, 4) is 0 Å². The molecule has 6 heteroatoms. The molecule has 1 aromatic heterocycles. The first-order chi connectivity index (χ1) is 7.99. The zero-order valence-corrected chi connectivity index (χ0v) is 9.88. The molecular formula is C11H15N3O3. The number of aromatic nitrogens is 2. The van der Waals surface area contributed by atoms with Gasteiger partial charge >= 0.3 is 5.97 Å². The number of likely N-dealkylation sites (tertiary alicyclic amines) is 1. The molecule has 6 nitrogen and oxygen atoms in total. The van der Waals surface area contributed by atoms with E-state index in [2.05, 4.69) is 5.10 Å². The van der Waals surface area contributed by atoms with Crippen molar-refractivity contribution in [3.05, 3.63) is 17.5 Å². The van der Waals surface area contributed by atoms with Crippen LogP contribution in [0.4, 0.5) is 0 Å². The molecule has 1 N–H and O–H groups in total. The number of carbonyl (C=O) groups is 2. The molecule has 0 aliphatic carbocycles. The lowest BCUT2D eigenvalue weighted by molar-refractivity contribution is -0.141. The summed E-state index contributed by atoms with van der Waals surface area (Å²) in [6.07, 6.45) is 1.82. The van der Waals surface area contributed by atoms with Gasteiger partial charge in [-0.15, -0.1) is 0 Å². The van der Waals surface area contributed by atoms with Gasteiger partial charge in [-0.2, -0.15) is 5.10 Å². The minimum atomic E-state index is -0.899. The van der Waals surface area contributed by atoms with Gasteiger partial charge in [0.05, 0.1) is 12.1 Å². The van der Waals surface area contributed by atoms with Crippen LogP contribution in [0.15, 0.2) is 6.20 Å². The van der Waals surface area contributed by atoms with Crippen LogP contribution in [-0.2, 0) is 23.2 Å². The van der Waals surface area contributed by atoms with E-state index in [1.54, 1.807) is 15.8 Å². The Labute approximate surface area is 98.8 Å². The highest BCUT2D eigenvalue weighted by atomic mass is 16.4. The van der Waals surface area contributed by atoms with Gasteiger partial charge in [-0.3, -0.25) is 14.3 Å². The van der Waals surface area contributed by atoms with Crippen LogP contribution in [0.5, 0.6) is 0 Å². The van der Waals surface area contributed by atoms with Crippen molar-refractivity contribution >= 4 is 11.9 Å². The summed E-state index contributed by atoms with van der Waals surface area (Å²) < 4.78 is 1.74. The van der Waals surface area contributed by atoms with Gasteiger partial charge in [0.1, 0.15) is 0 Å². The van der Waals surface area contributed by atoms with E-state index in [-0.39, 0.29) is 12.3 Å². The lowest BCUT2D eigenvalue weighted by Gasteiger charge is -2.15. The molecule has 1 atom stereocenters. The quantitative estimate of drug-likeness (QED) is 0.812. The first kappa shape index (κ1) is 11.6. The Morgan fingerprint density at radius 1 is 1.65 bits per heavy atom. The van der Waals surface area contributed by atoms with E-state index in [0.29, 0.717) is 13.1 Å². The molecule has 92 valence electrons. The minimum Gasteiger partial charge on any atom is -0.481 e. The Morgan fingerprint density at radius 3 is 2.82 bits per heavy atom. The maximum absolute atomic E-state index is 11.6. The van der Waals surface area contributed by atoms with Gasteiger partial charge in [-0.05, 0) is 6.92 Å². The number of nitrogens with zero attached hydrogens (tertiary/aromatic N) is 3. The van der Waals surface area contributed by atoms with E-state index in [0.717, 1.165) is 11.3 Å². The third-order valence-corrected chi connectivity index (χ3v) is 3.26.